The molecule has 0 aliphatic carbocycles. The van der Waals surface area contributed by atoms with Crippen molar-refractivity contribution in [1.29, 1.82) is 0 Å². The number of pyridine rings is 1. The molecule has 0 fully saturated rings. The van der Waals surface area contributed by atoms with Crippen molar-refractivity contribution in [2.45, 2.75) is 19.9 Å². The SMILES string of the molecule is Cc1ccnc2c1[nH]c(=S)n2CCC(N)=O. The maximum absolute atomic E-state index is 10.8. The third-order valence-electron chi connectivity index (χ3n) is 2.45. The maximum atomic E-state index is 10.8. The molecule has 2 rings (SSSR count). The zero-order valence-electron chi connectivity index (χ0n) is 8.86. The number of aromatic nitrogens is 3. The first-order chi connectivity index (χ1) is 7.59. The Morgan fingerprint density at radius 1 is 1.69 bits per heavy atom. The lowest BCUT2D eigenvalue weighted by Crippen LogP contribution is -2.14. The summed E-state index contributed by atoms with van der Waals surface area (Å²) in [5.41, 5.74) is 7.88. The number of hydrogen-bond acceptors (Lipinski definition) is 3. The van der Waals surface area contributed by atoms with Crippen LogP contribution < -0.4 is 5.73 Å². The van der Waals surface area contributed by atoms with Crippen molar-refractivity contribution in [3.05, 3.63) is 22.6 Å². The number of nitrogens with one attached hydrogen (secondary N) is 1. The van der Waals surface area contributed by atoms with Crippen LogP contribution in [-0.4, -0.2) is 20.4 Å². The minimum Gasteiger partial charge on any atom is -0.370 e. The zero-order chi connectivity index (χ0) is 11.7. The van der Waals surface area contributed by atoms with Crippen LogP contribution in [0.25, 0.3) is 11.2 Å². The number of nitrogens with zero attached hydrogens (tertiary/aromatic N) is 2. The molecule has 0 aromatic carbocycles. The summed E-state index contributed by atoms with van der Waals surface area (Å²) in [6.45, 7) is 2.44. The van der Waals surface area contributed by atoms with Crippen LogP contribution in [0.15, 0.2) is 12.3 Å². The van der Waals surface area contributed by atoms with E-state index in [0.717, 1.165) is 16.7 Å². The van der Waals surface area contributed by atoms with Crippen molar-refractivity contribution in [1.82, 2.24) is 14.5 Å². The molecule has 0 aliphatic heterocycles. The lowest BCUT2D eigenvalue weighted by Gasteiger charge is -2.01. The van der Waals surface area contributed by atoms with Crippen molar-refractivity contribution < 1.29 is 4.79 Å². The molecule has 6 heteroatoms. The van der Waals surface area contributed by atoms with E-state index in [1.54, 1.807) is 10.8 Å². The molecular weight excluding hydrogens is 224 g/mol. The molecule has 0 saturated carbocycles. The summed E-state index contributed by atoms with van der Waals surface area (Å²) in [7, 11) is 0. The molecule has 0 spiro atoms. The quantitative estimate of drug-likeness (QED) is 0.788. The van der Waals surface area contributed by atoms with Gasteiger partial charge < -0.3 is 15.3 Å². The van der Waals surface area contributed by atoms with Crippen LogP contribution in [0.1, 0.15) is 12.0 Å². The van der Waals surface area contributed by atoms with Crippen LogP contribution in [0.5, 0.6) is 0 Å². The monoisotopic (exact) mass is 236 g/mol. The predicted octanol–water partition coefficient (Wildman–Crippen LogP) is 1.28. The van der Waals surface area contributed by atoms with Gasteiger partial charge in [-0.25, -0.2) is 4.98 Å². The summed E-state index contributed by atoms with van der Waals surface area (Å²) >= 11 is 5.18. The number of hydrogen-bond donors (Lipinski definition) is 2. The van der Waals surface area contributed by atoms with Crippen molar-refractivity contribution in [3.63, 3.8) is 0 Å². The Bertz CT molecular complexity index is 598. The molecule has 3 N–H and O–H groups in total. The molecule has 0 aliphatic rings. The maximum Gasteiger partial charge on any atom is 0.219 e. The standard InChI is InChI=1S/C10H12N4OS/c1-6-2-4-12-9-8(6)13-10(16)14(9)5-3-7(11)15/h2,4H,3,5H2,1H3,(H2,11,15)(H,13,16). The first kappa shape index (κ1) is 10.8. The molecular formula is C10H12N4OS. The number of rotatable bonds is 3. The highest BCUT2D eigenvalue weighted by molar-refractivity contribution is 7.71. The fraction of sp³-hybridized carbons (Fsp3) is 0.300. The third kappa shape index (κ3) is 1.83. The number of carbonyl (C=O) groups excluding carboxylic acids is 1. The van der Waals surface area contributed by atoms with Gasteiger partial charge >= 0.3 is 0 Å². The Kier molecular flexibility index (Phi) is 2.74. The lowest BCUT2D eigenvalue weighted by atomic mass is 10.3. The summed E-state index contributed by atoms with van der Waals surface area (Å²) < 4.78 is 2.36. The van der Waals surface area contributed by atoms with Crippen LogP contribution in [0.4, 0.5) is 0 Å². The topological polar surface area (TPSA) is 76.7 Å². The number of fused-ring (bicyclic) bond motifs is 1. The van der Waals surface area contributed by atoms with Gasteiger partial charge in [-0.3, -0.25) is 4.79 Å². The fourth-order valence-electron chi connectivity index (χ4n) is 1.60. The average Bonchev–Trinajstić information content (AvgIpc) is 2.53. The van der Waals surface area contributed by atoms with Crippen molar-refractivity contribution in [2.75, 3.05) is 0 Å². The molecule has 2 heterocycles. The first-order valence-corrected chi connectivity index (χ1v) is 5.33. The molecule has 0 saturated heterocycles. The Morgan fingerprint density at radius 2 is 2.44 bits per heavy atom. The first-order valence-electron chi connectivity index (χ1n) is 4.92. The largest absolute Gasteiger partial charge is 0.370 e. The molecule has 0 bridgehead atoms. The van der Waals surface area contributed by atoms with Gasteiger partial charge in [0.05, 0.1) is 5.52 Å². The van der Waals surface area contributed by atoms with Gasteiger partial charge in [0.1, 0.15) is 0 Å². The van der Waals surface area contributed by atoms with Crippen LogP contribution >= 0.6 is 12.2 Å². The molecule has 0 radical (unpaired) electrons. The van der Waals surface area contributed by atoms with E-state index >= 15 is 0 Å². The van der Waals surface area contributed by atoms with Crippen molar-refractivity contribution in [2.24, 2.45) is 5.73 Å². The van der Waals surface area contributed by atoms with E-state index in [1.807, 2.05) is 13.0 Å². The Morgan fingerprint density at radius 3 is 3.12 bits per heavy atom. The van der Waals surface area contributed by atoms with E-state index in [-0.39, 0.29) is 12.3 Å². The van der Waals surface area contributed by atoms with Crippen LogP contribution in [-0.2, 0) is 11.3 Å². The molecule has 16 heavy (non-hydrogen) atoms. The van der Waals surface area contributed by atoms with Gasteiger partial charge in [-0.1, -0.05) is 0 Å². The Hall–Kier alpha value is -1.69. The highest BCUT2D eigenvalue weighted by atomic mass is 32.1. The second kappa shape index (κ2) is 4.05. The molecule has 2 aromatic rings. The van der Waals surface area contributed by atoms with E-state index in [2.05, 4.69) is 9.97 Å². The van der Waals surface area contributed by atoms with Crippen LogP contribution in [0.2, 0.25) is 0 Å². The number of carbonyl (C=O) groups is 1. The second-order valence-electron chi connectivity index (χ2n) is 3.62. The number of aryl methyl sites for hydroxylation is 2. The fourth-order valence-corrected chi connectivity index (χ4v) is 1.88. The summed E-state index contributed by atoms with van der Waals surface area (Å²) in [4.78, 5) is 18.1. The predicted molar refractivity (Wildman–Crippen MR) is 63.5 cm³/mol. The van der Waals surface area contributed by atoms with Crippen LogP contribution in [0, 0.1) is 11.7 Å². The summed E-state index contributed by atoms with van der Waals surface area (Å²) in [5.74, 6) is -0.344. The van der Waals surface area contributed by atoms with Gasteiger partial charge in [-0.2, -0.15) is 0 Å². The van der Waals surface area contributed by atoms with Gasteiger partial charge in [0.15, 0.2) is 10.4 Å². The van der Waals surface area contributed by atoms with E-state index in [4.69, 9.17) is 18.0 Å². The smallest absolute Gasteiger partial charge is 0.219 e. The van der Waals surface area contributed by atoms with Gasteiger partial charge in [0.25, 0.3) is 0 Å². The third-order valence-corrected chi connectivity index (χ3v) is 2.78. The normalized spacial score (nSPS) is 10.8. The minimum absolute atomic E-state index is 0.261. The van der Waals surface area contributed by atoms with Crippen molar-refractivity contribution >= 4 is 29.3 Å². The highest BCUT2D eigenvalue weighted by Crippen LogP contribution is 2.15. The lowest BCUT2D eigenvalue weighted by molar-refractivity contribution is -0.118. The number of amides is 1. The van der Waals surface area contributed by atoms with Gasteiger partial charge in [-0.15, -0.1) is 0 Å². The van der Waals surface area contributed by atoms with E-state index < -0.39 is 0 Å². The number of H-pyrrole nitrogens is 1. The Labute approximate surface area is 97.3 Å². The van der Waals surface area contributed by atoms with E-state index in [0.29, 0.717) is 11.3 Å². The summed E-state index contributed by atoms with van der Waals surface area (Å²) in [6.07, 6.45) is 1.98. The van der Waals surface area contributed by atoms with Gasteiger partial charge in [0, 0.05) is 19.2 Å². The van der Waals surface area contributed by atoms with E-state index in [9.17, 15) is 4.79 Å². The average molecular weight is 236 g/mol. The van der Waals surface area contributed by atoms with Gasteiger partial charge in [-0.05, 0) is 30.8 Å². The second-order valence-corrected chi connectivity index (χ2v) is 4.01. The number of nitrogens with two attached hydrogens (primary N) is 1. The molecule has 0 unspecified atom stereocenters. The molecule has 5 nitrogen and oxygen atoms in total. The Balaban J connectivity index is 2.52. The van der Waals surface area contributed by atoms with E-state index in [1.165, 1.54) is 0 Å². The van der Waals surface area contributed by atoms with Gasteiger partial charge in [0.2, 0.25) is 5.91 Å². The molecule has 84 valence electrons. The minimum atomic E-state index is -0.344. The number of primary amides is 1. The summed E-state index contributed by atoms with van der Waals surface area (Å²) in [6, 6.07) is 1.91. The highest BCUT2D eigenvalue weighted by Gasteiger charge is 2.07. The van der Waals surface area contributed by atoms with Crippen LogP contribution in [0.3, 0.4) is 0 Å². The summed E-state index contributed by atoms with van der Waals surface area (Å²) in [5, 5.41) is 0. The number of imidazole rings is 1. The van der Waals surface area contributed by atoms with Crippen molar-refractivity contribution in [3.8, 4) is 0 Å². The zero-order valence-corrected chi connectivity index (χ0v) is 9.67. The molecule has 1 amide bonds. The molecule has 2 aromatic heterocycles. The number of aromatic amines is 1. The molecule has 0 atom stereocenters.